The van der Waals surface area contributed by atoms with Crippen LogP contribution in [0.25, 0.3) is 22.3 Å². The number of aromatic nitrogens is 2. The lowest BCUT2D eigenvalue weighted by Gasteiger charge is -2.25. The first kappa shape index (κ1) is 31.9. The zero-order chi connectivity index (χ0) is 30.4. The van der Waals surface area contributed by atoms with Crippen molar-refractivity contribution in [3.63, 3.8) is 0 Å². The number of pyridine rings is 2. The first-order chi connectivity index (χ1) is 19.0. The van der Waals surface area contributed by atoms with Gasteiger partial charge in [0.2, 0.25) is 0 Å². The SMILES string of the molecule is CC(C)(C)C(O)c1ccc(-c2ccc(OC(F)(F)F)cc2)cn1.FC(F)(F)Oc1ccc(-c2ccc(Br)nc2)cc1. The van der Waals surface area contributed by atoms with E-state index in [0.717, 1.165) is 16.7 Å². The maximum Gasteiger partial charge on any atom is 0.573 e. The maximum atomic E-state index is 12.1. The molecule has 12 heteroatoms. The van der Waals surface area contributed by atoms with Crippen molar-refractivity contribution in [2.24, 2.45) is 5.41 Å². The predicted molar refractivity (Wildman–Crippen MR) is 145 cm³/mol. The lowest BCUT2D eigenvalue weighted by Crippen LogP contribution is -2.18. The Bertz CT molecular complexity index is 1390. The van der Waals surface area contributed by atoms with Gasteiger partial charge in [-0.3, -0.25) is 4.98 Å². The second-order valence-corrected chi connectivity index (χ2v) is 10.6. The summed E-state index contributed by atoms with van der Waals surface area (Å²) in [6, 6.07) is 18.2. The molecular formula is C29H25BrF6N2O3. The molecule has 4 rings (SSSR count). The number of rotatable bonds is 5. The molecule has 0 spiro atoms. The highest BCUT2D eigenvalue weighted by molar-refractivity contribution is 9.10. The van der Waals surface area contributed by atoms with Crippen molar-refractivity contribution in [3.05, 3.63) is 95.5 Å². The van der Waals surface area contributed by atoms with Crippen molar-refractivity contribution in [3.8, 4) is 33.8 Å². The molecule has 4 aromatic rings. The topological polar surface area (TPSA) is 64.5 Å². The summed E-state index contributed by atoms with van der Waals surface area (Å²) in [4.78, 5) is 8.28. The molecule has 0 bridgehead atoms. The van der Waals surface area contributed by atoms with Crippen molar-refractivity contribution in [1.29, 1.82) is 0 Å². The van der Waals surface area contributed by atoms with Crippen molar-refractivity contribution < 1.29 is 40.9 Å². The molecule has 1 N–H and O–H groups in total. The molecule has 2 heterocycles. The van der Waals surface area contributed by atoms with E-state index in [0.29, 0.717) is 15.9 Å². The van der Waals surface area contributed by atoms with Crippen LogP contribution in [0.3, 0.4) is 0 Å². The van der Waals surface area contributed by atoms with Gasteiger partial charge in [0.25, 0.3) is 0 Å². The fourth-order valence-electron chi connectivity index (χ4n) is 3.43. The minimum atomic E-state index is -4.70. The molecule has 0 saturated carbocycles. The number of benzene rings is 2. The van der Waals surface area contributed by atoms with Crippen LogP contribution in [0.2, 0.25) is 0 Å². The van der Waals surface area contributed by atoms with Gasteiger partial charge in [0.15, 0.2) is 0 Å². The summed E-state index contributed by atoms with van der Waals surface area (Å²) in [6.07, 6.45) is -6.85. The number of aliphatic hydroxyl groups is 1. The molecule has 1 atom stereocenters. The molecule has 0 aliphatic carbocycles. The van der Waals surface area contributed by atoms with Gasteiger partial charge in [-0.1, -0.05) is 57.2 Å². The maximum absolute atomic E-state index is 12.1. The summed E-state index contributed by atoms with van der Waals surface area (Å²) in [5.74, 6) is -0.509. The molecule has 0 amide bonds. The van der Waals surface area contributed by atoms with E-state index in [1.165, 1.54) is 36.4 Å². The monoisotopic (exact) mass is 642 g/mol. The van der Waals surface area contributed by atoms with Gasteiger partial charge >= 0.3 is 12.7 Å². The van der Waals surface area contributed by atoms with Crippen molar-refractivity contribution >= 4 is 15.9 Å². The van der Waals surface area contributed by atoms with E-state index in [-0.39, 0.29) is 16.9 Å². The van der Waals surface area contributed by atoms with E-state index < -0.39 is 18.8 Å². The normalized spacial score (nSPS) is 12.7. The quantitative estimate of drug-likeness (QED) is 0.174. The van der Waals surface area contributed by atoms with Crippen LogP contribution in [0.1, 0.15) is 32.6 Å². The second-order valence-electron chi connectivity index (χ2n) is 9.75. The van der Waals surface area contributed by atoms with Crippen LogP contribution in [0.4, 0.5) is 26.3 Å². The van der Waals surface area contributed by atoms with Gasteiger partial charge < -0.3 is 14.6 Å². The fourth-order valence-corrected chi connectivity index (χ4v) is 3.66. The molecule has 2 aromatic carbocycles. The molecule has 0 aliphatic heterocycles. The van der Waals surface area contributed by atoms with Gasteiger partial charge in [0.1, 0.15) is 22.2 Å². The lowest BCUT2D eigenvalue weighted by molar-refractivity contribution is -0.275. The van der Waals surface area contributed by atoms with E-state index >= 15 is 0 Å². The first-order valence-corrected chi connectivity index (χ1v) is 12.8. The fraction of sp³-hybridized carbons (Fsp3) is 0.241. The molecule has 0 fully saturated rings. The van der Waals surface area contributed by atoms with E-state index in [4.69, 9.17) is 0 Å². The van der Waals surface area contributed by atoms with Crippen LogP contribution in [0.15, 0.2) is 89.8 Å². The zero-order valence-corrected chi connectivity index (χ0v) is 23.6. The standard InChI is InChI=1S/C17H18F3NO2.C12H7BrF3NO/c1-16(2,3)15(22)14-9-6-12(10-21-14)11-4-7-13(8-5-11)23-17(18,19)20;13-11-6-3-9(7-17-11)8-1-4-10(5-2-8)18-12(14,15)16/h4-10,15,22H,1-3H3;1-7H. The summed E-state index contributed by atoms with van der Waals surface area (Å²) in [5, 5.41) is 10.2. The van der Waals surface area contributed by atoms with Crippen LogP contribution in [0, 0.1) is 5.41 Å². The Morgan fingerprint density at radius 3 is 1.32 bits per heavy atom. The molecule has 2 aromatic heterocycles. The summed E-state index contributed by atoms with van der Waals surface area (Å²) in [7, 11) is 0. The third kappa shape index (κ3) is 10.4. The second kappa shape index (κ2) is 12.9. The summed E-state index contributed by atoms with van der Waals surface area (Å²) < 4.78 is 80.6. The molecule has 1 unspecified atom stereocenters. The van der Waals surface area contributed by atoms with Gasteiger partial charge in [-0.25, -0.2) is 4.98 Å². The van der Waals surface area contributed by atoms with Gasteiger partial charge in [-0.15, -0.1) is 26.3 Å². The first-order valence-electron chi connectivity index (χ1n) is 12.0. The average molecular weight is 643 g/mol. The van der Waals surface area contributed by atoms with E-state index in [9.17, 15) is 31.4 Å². The number of hydrogen-bond donors (Lipinski definition) is 1. The predicted octanol–water partition coefficient (Wildman–Crippen LogP) is 9.14. The highest BCUT2D eigenvalue weighted by Crippen LogP contribution is 2.33. The van der Waals surface area contributed by atoms with Crippen molar-refractivity contribution in [1.82, 2.24) is 9.97 Å². The minimum Gasteiger partial charge on any atom is -0.406 e. The van der Waals surface area contributed by atoms with Gasteiger partial charge in [-0.05, 0) is 68.9 Å². The molecule has 41 heavy (non-hydrogen) atoms. The number of ether oxygens (including phenoxy) is 2. The van der Waals surface area contributed by atoms with Crippen LogP contribution in [-0.2, 0) is 0 Å². The van der Waals surface area contributed by atoms with Crippen LogP contribution < -0.4 is 9.47 Å². The minimum absolute atomic E-state index is 0.240. The Labute approximate surface area is 240 Å². The van der Waals surface area contributed by atoms with Crippen molar-refractivity contribution in [2.75, 3.05) is 0 Å². The number of nitrogens with zero attached hydrogens (tertiary/aromatic N) is 2. The smallest absolute Gasteiger partial charge is 0.406 e. The molecule has 218 valence electrons. The Morgan fingerprint density at radius 2 is 1.00 bits per heavy atom. The van der Waals surface area contributed by atoms with Crippen LogP contribution >= 0.6 is 15.9 Å². The zero-order valence-electron chi connectivity index (χ0n) is 22.0. The Kier molecular flexibility index (Phi) is 10.0. The molecule has 0 aliphatic rings. The third-order valence-corrected chi connectivity index (χ3v) is 5.93. The number of halogens is 7. The van der Waals surface area contributed by atoms with Gasteiger partial charge in [0.05, 0.1) is 5.69 Å². The number of aliphatic hydroxyl groups excluding tert-OH is 1. The van der Waals surface area contributed by atoms with Gasteiger partial charge in [0, 0.05) is 23.5 Å². The average Bonchev–Trinajstić information content (AvgIpc) is 2.88. The summed E-state index contributed by atoms with van der Waals surface area (Å²) >= 11 is 3.21. The largest absolute Gasteiger partial charge is 0.573 e. The van der Waals surface area contributed by atoms with Crippen molar-refractivity contribution in [2.45, 2.75) is 39.6 Å². The summed E-state index contributed by atoms with van der Waals surface area (Å²) in [5.41, 5.74) is 3.27. The number of hydrogen-bond acceptors (Lipinski definition) is 5. The Hall–Kier alpha value is -3.64. The molecule has 0 saturated heterocycles. The Morgan fingerprint density at radius 1 is 0.610 bits per heavy atom. The van der Waals surface area contributed by atoms with E-state index in [1.54, 1.807) is 42.7 Å². The Balaban J connectivity index is 0.000000232. The van der Waals surface area contributed by atoms with Crippen LogP contribution in [-0.4, -0.2) is 27.8 Å². The number of alkyl halides is 6. The van der Waals surface area contributed by atoms with Crippen LogP contribution in [0.5, 0.6) is 11.5 Å². The molecular weight excluding hydrogens is 618 g/mol. The molecule has 0 radical (unpaired) electrons. The highest BCUT2D eigenvalue weighted by atomic mass is 79.9. The molecule has 5 nitrogen and oxygen atoms in total. The van der Waals surface area contributed by atoms with E-state index in [2.05, 4.69) is 35.4 Å². The summed E-state index contributed by atoms with van der Waals surface area (Å²) in [6.45, 7) is 5.73. The van der Waals surface area contributed by atoms with E-state index in [1.807, 2.05) is 26.8 Å². The third-order valence-electron chi connectivity index (χ3n) is 5.46. The lowest BCUT2D eigenvalue weighted by atomic mass is 9.87. The highest BCUT2D eigenvalue weighted by Gasteiger charge is 2.31. The van der Waals surface area contributed by atoms with Gasteiger partial charge in [-0.2, -0.15) is 0 Å².